The molecule has 92 valence electrons. The second kappa shape index (κ2) is 5.80. The minimum atomic E-state index is -0.161. The summed E-state index contributed by atoms with van der Waals surface area (Å²) in [5.41, 5.74) is 1.31. The van der Waals surface area contributed by atoms with Crippen molar-refractivity contribution >= 4 is 5.97 Å². The largest absolute Gasteiger partial charge is 0.468 e. The minimum Gasteiger partial charge on any atom is -0.468 e. The van der Waals surface area contributed by atoms with Crippen LogP contribution in [0.5, 0.6) is 0 Å². The number of ether oxygens (including phenoxy) is 1. The molecule has 17 heavy (non-hydrogen) atoms. The molecule has 0 spiro atoms. The lowest BCUT2D eigenvalue weighted by atomic mass is 10.2. The Morgan fingerprint density at radius 1 is 1.24 bits per heavy atom. The van der Waals surface area contributed by atoms with E-state index in [4.69, 9.17) is 0 Å². The van der Waals surface area contributed by atoms with Gasteiger partial charge in [-0.25, -0.2) is 0 Å². The average molecular weight is 234 g/mol. The summed E-state index contributed by atoms with van der Waals surface area (Å²) >= 11 is 0. The van der Waals surface area contributed by atoms with E-state index in [2.05, 4.69) is 38.8 Å². The number of carbonyl (C=O) groups is 1. The van der Waals surface area contributed by atoms with Crippen molar-refractivity contribution in [2.24, 2.45) is 0 Å². The molecule has 0 amide bonds. The Morgan fingerprint density at radius 3 is 2.65 bits per heavy atom. The van der Waals surface area contributed by atoms with Gasteiger partial charge in [0.1, 0.15) is 0 Å². The molecule has 1 aromatic carbocycles. The van der Waals surface area contributed by atoms with Crippen molar-refractivity contribution in [2.45, 2.75) is 6.54 Å². The summed E-state index contributed by atoms with van der Waals surface area (Å²) < 4.78 is 4.67. The Kier molecular flexibility index (Phi) is 4.12. The molecule has 4 nitrogen and oxygen atoms in total. The van der Waals surface area contributed by atoms with Gasteiger partial charge in [0.05, 0.1) is 20.3 Å². The van der Waals surface area contributed by atoms with E-state index in [1.165, 1.54) is 12.7 Å². The van der Waals surface area contributed by atoms with E-state index >= 15 is 0 Å². The zero-order valence-electron chi connectivity index (χ0n) is 10.1. The van der Waals surface area contributed by atoms with Gasteiger partial charge < -0.3 is 4.74 Å². The molecule has 1 aromatic rings. The van der Waals surface area contributed by atoms with Crippen molar-refractivity contribution in [1.29, 1.82) is 0 Å². The topological polar surface area (TPSA) is 32.8 Å². The highest BCUT2D eigenvalue weighted by Crippen LogP contribution is 2.10. The van der Waals surface area contributed by atoms with Crippen LogP contribution in [0.3, 0.4) is 0 Å². The SMILES string of the molecule is COC(=O)CN1CCN(Cc2ccccc2)C1. The third kappa shape index (κ3) is 3.54. The number of rotatable bonds is 4. The lowest BCUT2D eigenvalue weighted by Gasteiger charge is -2.17. The fourth-order valence-electron chi connectivity index (χ4n) is 2.05. The Balaban J connectivity index is 1.80. The molecule has 4 heteroatoms. The number of nitrogens with zero attached hydrogens (tertiary/aromatic N) is 2. The summed E-state index contributed by atoms with van der Waals surface area (Å²) in [4.78, 5) is 15.6. The van der Waals surface area contributed by atoms with E-state index in [0.717, 1.165) is 26.3 Å². The second-order valence-electron chi connectivity index (χ2n) is 4.31. The van der Waals surface area contributed by atoms with Crippen molar-refractivity contribution in [3.63, 3.8) is 0 Å². The lowest BCUT2D eigenvalue weighted by molar-refractivity contribution is -0.141. The first-order valence-electron chi connectivity index (χ1n) is 5.83. The number of carbonyl (C=O) groups excluding carboxylic acids is 1. The number of hydrogen-bond donors (Lipinski definition) is 0. The summed E-state index contributed by atoms with van der Waals surface area (Å²) in [6, 6.07) is 10.4. The van der Waals surface area contributed by atoms with Crippen LogP contribution in [0.25, 0.3) is 0 Å². The van der Waals surface area contributed by atoms with Crippen LogP contribution < -0.4 is 0 Å². The molecule has 1 saturated heterocycles. The van der Waals surface area contributed by atoms with Crippen LogP contribution >= 0.6 is 0 Å². The third-order valence-electron chi connectivity index (χ3n) is 2.96. The Labute approximate surface area is 102 Å². The van der Waals surface area contributed by atoms with Gasteiger partial charge in [0.15, 0.2) is 0 Å². The molecule has 1 fully saturated rings. The number of methoxy groups -OCH3 is 1. The molecule has 1 heterocycles. The highest BCUT2D eigenvalue weighted by atomic mass is 16.5. The van der Waals surface area contributed by atoms with Gasteiger partial charge in [-0.2, -0.15) is 0 Å². The van der Waals surface area contributed by atoms with Crippen molar-refractivity contribution in [3.8, 4) is 0 Å². The minimum absolute atomic E-state index is 0.161. The van der Waals surface area contributed by atoms with Crippen molar-refractivity contribution in [2.75, 3.05) is 33.4 Å². The molecular formula is C13H18N2O2. The van der Waals surface area contributed by atoms with Crippen molar-refractivity contribution in [3.05, 3.63) is 35.9 Å². The van der Waals surface area contributed by atoms with E-state index in [0.29, 0.717) is 6.54 Å². The van der Waals surface area contributed by atoms with Gasteiger partial charge in [0.25, 0.3) is 0 Å². The first kappa shape index (κ1) is 12.1. The Bertz CT molecular complexity index is 367. The van der Waals surface area contributed by atoms with Gasteiger partial charge in [-0.1, -0.05) is 30.3 Å². The monoisotopic (exact) mass is 234 g/mol. The summed E-state index contributed by atoms with van der Waals surface area (Å²) in [7, 11) is 1.43. The maximum absolute atomic E-state index is 11.2. The Hall–Kier alpha value is -1.39. The maximum atomic E-state index is 11.2. The molecule has 0 unspecified atom stereocenters. The van der Waals surface area contributed by atoms with Gasteiger partial charge in [0.2, 0.25) is 0 Å². The predicted molar refractivity (Wildman–Crippen MR) is 65.3 cm³/mol. The van der Waals surface area contributed by atoms with Gasteiger partial charge in [-0.05, 0) is 5.56 Å². The number of esters is 1. The summed E-state index contributed by atoms with van der Waals surface area (Å²) in [5, 5.41) is 0. The number of hydrogen-bond acceptors (Lipinski definition) is 4. The molecule has 0 bridgehead atoms. The standard InChI is InChI=1S/C13H18N2O2/c1-17-13(16)10-15-8-7-14(11-15)9-12-5-3-2-4-6-12/h2-6H,7-11H2,1H3. The van der Waals surface area contributed by atoms with Crippen LogP contribution in [-0.2, 0) is 16.1 Å². The fourth-order valence-corrected chi connectivity index (χ4v) is 2.05. The highest BCUT2D eigenvalue weighted by molar-refractivity contribution is 5.71. The van der Waals surface area contributed by atoms with Crippen LogP contribution in [0.4, 0.5) is 0 Å². The molecule has 0 N–H and O–H groups in total. The van der Waals surface area contributed by atoms with E-state index in [9.17, 15) is 4.79 Å². The van der Waals surface area contributed by atoms with Gasteiger partial charge in [0, 0.05) is 19.6 Å². The Morgan fingerprint density at radius 2 is 1.94 bits per heavy atom. The molecule has 2 rings (SSSR count). The van der Waals surface area contributed by atoms with Crippen LogP contribution in [0.15, 0.2) is 30.3 Å². The van der Waals surface area contributed by atoms with Gasteiger partial charge in [-0.15, -0.1) is 0 Å². The predicted octanol–water partition coefficient (Wildman–Crippen LogP) is 0.935. The molecule has 0 atom stereocenters. The van der Waals surface area contributed by atoms with Gasteiger partial charge >= 0.3 is 5.97 Å². The maximum Gasteiger partial charge on any atom is 0.319 e. The second-order valence-corrected chi connectivity index (χ2v) is 4.31. The van der Waals surface area contributed by atoms with Crippen molar-refractivity contribution < 1.29 is 9.53 Å². The zero-order valence-corrected chi connectivity index (χ0v) is 10.1. The molecule has 0 aliphatic carbocycles. The quantitative estimate of drug-likeness (QED) is 0.726. The van der Waals surface area contributed by atoms with Crippen LogP contribution in [0.2, 0.25) is 0 Å². The number of benzene rings is 1. The molecule has 1 aliphatic rings. The molecule has 1 aliphatic heterocycles. The van der Waals surface area contributed by atoms with Crippen molar-refractivity contribution in [1.82, 2.24) is 9.80 Å². The normalized spacial score (nSPS) is 17.2. The summed E-state index contributed by atoms with van der Waals surface area (Å²) in [5.74, 6) is -0.161. The third-order valence-corrected chi connectivity index (χ3v) is 2.96. The molecule has 0 saturated carbocycles. The summed E-state index contributed by atoms with van der Waals surface area (Å²) in [6.45, 7) is 4.11. The molecular weight excluding hydrogens is 216 g/mol. The first-order valence-corrected chi connectivity index (χ1v) is 5.83. The van der Waals surface area contributed by atoms with E-state index in [1.807, 2.05) is 6.07 Å². The van der Waals surface area contributed by atoms with Gasteiger partial charge in [-0.3, -0.25) is 14.6 Å². The van der Waals surface area contributed by atoms with E-state index in [-0.39, 0.29) is 5.97 Å². The molecule has 0 aromatic heterocycles. The first-order chi connectivity index (χ1) is 8.28. The summed E-state index contributed by atoms with van der Waals surface area (Å²) in [6.07, 6.45) is 0. The lowest BCUT2D eigenvalue weighted by Crippen LogP contribution is -2.30. The average Bonchev–Trinajstić information content (AvgIpc) is 2.77. The van der Waals surface area contributed by atoms with Crippen LogP contribution in [0, 0.1) is 0 Å². The van der Waals surface area contributed by atoms with Crippen LogP contribution in [0.1, 0.15) is 5.56 Å². The molecule has 0 radical (unpaired) electrons. The van der Waals surface area contributed by atoms with E-state index < -0.39 is 0 Å². The van der Waals surface area contributed by atoms with Crippen LogP contribution in [-0.4, -0.2) is 49.2 Å². The zero-order chi connectivity index (χ0) is 12.1. The highest BCUT2D eigenvalue weighted by Gasteiger charge is 2.21. The smallest absolute Gasteiger partial charge is 0.319 e. The van der Waals surface area contributed by atoms with E-state index in [1.54, 1.807) is 0 Å². The fraction of sp³-hybridized carbons (Fsp3) is 0.462.